The molecular weight excluding hydrogens is 312 g/mol. The zero-order valence-corrected chi connectivity index (χ0v) is 13.0. The van der Waals surface area contributed by atoms with Crippen LogP contribution in [0, 0.1) is 11.3 Å². The van der Waals surface area contributed by atoms with Crippen LogP contribution < -0.4 is 16.4 Å². The van der Waals surface area contributed by atoms with Crippen molar-refractivity contribution in [1.29, 1.82) is 5.26 Å². The number of nitriles is 1. The molecule has 0 aliphatic rings. The van der Waals surface area contributed by atoms with Gasteiger partial charge in [-0.25, -0.2) is 0 Å². The monoisotopic (exact) mass is 326 g/mol. The SMILES string of the molecule is N#C/C(=C/NCc1cccc(Cl)c1)C(=O)Nc1ccc(N)cc1. The third-order valence-electron chi connectivity index (χ3n) is 2.98. The molecule has 2 rings (SSSR count). The predicted octanol–water partition coefficient (Wildman–Crippen LogP) is 3.06. The van der Waals surface area contributed by atoms with E-state index in [1.165, 1.54) is 6.20 Å². The zero-order valence-electron chi connectivity index (χ0n) is 12.2. The van der Waals surface area contributed by atoms with E-state index in [1.54, 1.807) is 30.3 Å². The molecule has 1 amide bonds. The number of hydrogen-bond acceptors (Lipinski definition) is 4. The van der Waals surface area contributed by atoms with E-state index in [9.17, 15) is 4.79 Å². The Morgan fingerprint density at radius 1 is 1.26 bits per heavy atom. The topological polar surface area (TPSA) is 90.9 Å². The maximum Gasteiger partial charge on any atom is 0.267 e. The van der Waals surface area contributed by atoms with Gasteiger partial charge in [-0.2, -0.15) is 5.26 Å². The summed E-state index contributed by atoms with van der Waals surface area (Å²) in [7, 11) is 0. The lowest BCUT2D eigenvalue weighted by Gasteiger charge is -2.06. The highest BCUT2D eigenvalue weighted by atomic mass is 35.5. The number of rotatable bonds is 5. The number of anilines is 2. The minimum atomic E-state index is -0.490. The summed E-state index contributed by atoms with van der Waals surface area (Å²) in [5.41, 5.74) is 7.67. The molecule has 2 aromatic carbocycles. The van der Waals surface area contributed by atoms with Crippen LogP contribution in [0.2, 0.25) is 5.02 Å². The van der Waals surface area contributed by atoms with Gasteiger partial charge in [0.25, 0.3) is 5.91 Å². The van der Waals surface area contributed by atoms with Crippen molar-refractivity contribution in [1.82, 2.24) is 5.32 Å². The van der Waals surface area contributed by atoms with Crippen molar-refractivity contribution < 1.29 is 4.79 Å². The van der Waals surface area contributed by atoms with Crippen molar-refractivity contribution in [3.8, 4) is 6.07 Å². The number of amides is 1. The lowest BCUT2D eigenvalue weighted by molar-refractivity contribution is -0.112. The van der Waals surface area contributed by atoms with Crippen LogP contribution >= 0.6 is 11.6 Å². The average molecular weight is 327 g/mol. The van der Waals surface area contributed by atoms with Crippen molar-refractivity contribution in [3.05, 3.63) is 70.9 Å². The lowest BCUT2D eigenvalue weighted by atomic mass is 10.2. The molecule has 0 fully saturated rings. The molecular formula is C17H15ClN4O. The summed E-state index contributed by atoms with van der Waals surface area (Å²) in [5.74, 6) is -0.490. The van der Waals surface area contributed by atoms with Crippen molar-refractivity contribution in [2.24, 2.45) is 0 Å². The molecule has 0 spiro atoms. The highest BCUT2D eigenvalue weighted by Crippen LogP contribution is 2.12. The van der Waals surface area contributed by atoms with Gasteiger partial charge in [-0.15, -0.1) is 0 Å². The fourth-order valence-corrected chi connectivity index (χ4v) is 2.04. The molecule has 116 valence electrons. The summed E-state index contributed by atoms with van der Waals surface area (Å²) in [6.07, 6.45) is 1.38. The fourth-order valence-electron chi connectivity index (χ4n) is 1.83. The minimum Gasteiger partial charge on any atom is -0.399 e. The third-order valence-corrected chi connectivity index (χ3v) is 3.21. The number of halogens is 1. The van der Waals surface area contributed by atoms with Crippen LogP contribution in [0.4, 0.5) is 11.4 Å². The van der Waals surface area contributed by atoms with Gasteiger partial charge in [0.15, 0.2) is 0 Å². The van der Waals surface area contributed by atoms with Crippen LogP contribution in [0.15, 0.2) is 60.3 Å². The van der Waals surface area contributed by atoms with E-state index in [0.29, 0.717) is 22.9 Å². The Labute approximate surface area is 139 Å². The number of nitrogen functional groups attached to an aromatic ring is 1. The first-order chi connectivity index (χ1) is 11.1. The molecule has 0 atom stereocenters. The summed E-state index contributed by atoms with van der Waals surface area (Å²) in [6.45, 7) is 0.459. The van der Waals surface area contributed by atoms with Crippen molar-refractivity contribution in [2.45, 2.75) is 6.54 Å². The molecule has 23 heavy (non-hydrogen) atoms. The van der Waals surface area contributed by atoms with Crippen LogP contribution in [-0.2, 0) is 11.3 Å². The van der Waals surface area contributed by atoms with Gasteiger partial charge in [-0.05, 0) is 42.0 Å². The maximum absolute atomic E-state index is 12.0. The van der Waals surface area contributed by atoms with Gasteiger partial charge >= 0.3 is 0 Å². The van der Waals surface area contributed by atoms with E-state index in [2.05, 4.69) is 10.6 Å². The number of benzene rings is 2. The van der Waals surface area contributed by atoms with E-state index >= 15 is 0 Å². The lowest BCUT2D eigenvalue weighted by Crippen LogP contribution is -2.16. The van der Waals surface area contributed by atoms with E-state index in [1.807, 2.05) is 24.3 Å². The summed E-state index contributed by atoms with van der Waals surface area (Å²) < 4.78 is 0. The van der Waals surface area contributed by atoms with Gasteiger partial charge in [0.1, 0.15) is 11.6 Å². The summed E-state index contributed by atoms with van der Waals surface area (Å²) in [5, 5.41) is 15.3. The first-order valence-electron chi connectivity index (χ1n) is 6.83. The molecule has 0 bridgehead atoms. The number of carbonyl (C=O) groups is 1. The number of hydrogen-bond donors (Lipinski definition) is 3. The molecule has 0 aromatic heterocycles. The Morgan fingerprint density at radius 2 is 2.00 bits per heavy atom. The first kappa shape index (κ1) is 16.4. The summed E-state index contributed by atoms with van der Waals surface area (Å²) >= 11 is 5.90. The van der Waals surface area contributed by atoms with Gasteiger partial charge in [-0.3, -0.25) is 4.79 Å². The fraction of sp³-hybridized carbons (Fsp3) is 0.0588. The first-order valence-corrected chi connectivity index (χ1v) is 7.21. The van der Waals surface area contributed by atoms with Crippen LogP contribution in [0.25, 0.3) is 0 Å². The Kier molecular flexibility index (Phi) is 5.61. The average Bonchev–Trinajstić information content (AvgIpc) is 2.54. The normalized spacial score (nSPS) is 10.7. The standard InChI is InChI=1S/C17H15ClN4O/c18-14-3-1-2-12(8-14)10-21-11-13(9-19)17(23)22-16-6-4-15(20)5-7-16/h1-8,11,21H,10,20H2,(H,22,23)/b13-11-. The van der Waals surface area contributed by atoms with Crippen molar-refractivity contribution >= 4 is 28.9 Å². The highest BCUT2D eigenvalue weighted by molar-refractivity contribution is 6.30. The van der Waals surface area contributed by atoms with Gasteiger partial charge in [0.2, 0.25) is 0 Å². The van der Waals surface area contributed by atoms with Crippen LogP contribution in [0.3, 0.4) is 0 Å². The van der Waals surface area contributed by atoms with Gasteiger partial charge in [-0.1, -0.05) is 23.7 Å². The molecule has 0 heterocycles. The molecule has 0 aliphatic carbocycles. The number of carbonyl (C=O) groups excluding carboxylic acids is 1. The zero-order chi connectivity index (χ0) is 16.7. The van der Waals surface area contributed by atoms with Crippen LogP contribution in [0.5, 0.6) is 0 Å². The van der Waals surface area contributed by atoms with Gasteiger partial charge in [0.05, 0.1) is 0 Å². The second kappa shape index (κ2) is 7.87. The summed E-state index contributed by atoms with van der Waals surface area (Å²) in [4.78, 5) is 12.0. The Bertz CT molecular complexity index is 763. The number of nitrogens with one attached hydrogen (secondary N) is 2. The largest absolute Gasteiger partial charge is 0.399 e. The number of nitrogens with two attached hydrogens (primary N) is 1. The Hall–Kier alpha value is -2.97. The van der Waals surface area contributed by atoms with Gasteiger partial charge in [0, 0.05) is 29.1 Å². The molecule has 5 nitrogen and oxygen atoms in total. The third kappa shape index (κ3) is 5.06. The molecule has 0 radical (unpaired) electrons. The second-order valence-electron chi connectivity index (χ2n) is 4.76. The van der Waals surface area contributed by atoms with E-state index in [4.69, 9.17) is 22.6 Å². The smallest absolute Gasteiger partial charge is 0.267 e. The summed E-state index contributed by atoms with van der Waals surface area (Å²) in [6, 6.07) is 15.9. The minimum absolute atomic E-state index is 0.0242. The van der Waals surface area contributed by atoms with Crippen LogP contribution in [0.1, 0.15) is 5.56 Å². The molecule has 4 N–H and O–H groups in total. The van der Waals surface area contributed by atoms with E-state index in [-0.39, 0.29) is 5.57 Å². The number of nitrogens with zero attached hydrogens (tertiary/aromatic N) is 1. The molecule has 0 saturated carbocycles. The molecule has 2 aromatic rings. The van der Waals surface area contributed by atoms with Crippen molar-refractivity contribution in [3.63, 3.8) is 0 Å². The Balaban J connectivity index is 1.96. The second-order valence-corrected chi connectivity index (χ2v) is 5.19. The Morgan fingerprint density at radius 3 is 2.65 bits per heavy atom. The molecule has 0 aliphatic heterocycles. The van der Waals surface area contributed by atoms with Crippen molar-refractivity contribution in [2.75, 3.05) is 11.1 Å². The quantitative estimate of drug-likeness (QED) is 0.447. The van der Waals surface area contributed by atoms with E-state index in [0.717, 1.165) is 5.56 Å². The highest BCUT2D eigenvalue weighted by Gasteiger charge is 2.08. The van der Waals surface area contributed by atoms with E-state index < -0.39 is 5.91 Å². The molecule has 0 saturated heterocycles. The van der Waals surface area contributed by atoms with Crippen LogP contribution in [-0.4, -0.2) is 5.91 Å². The predicted molar refractivity (Wildman–Crippen MR) is 91.5 cm³/mol. The van der Waals surface area contributed by atoms with Gasteiger partial charge < -0.3 is 16.4 Å². The molecule has 0 unspecified atom stereocenters. The molecule has 6 heteroatoms. The maximum atomic E-state index is 12.0.